The molecule has 1 amide bonds. The summed E-state index contributed by atoms with van der Waals surface area (Å²) in [7, 11) is 0. The maximum absolute atomic E-state index is 13.8. The Balaban J connectivity index is 1.73. The summed E-state index contributed by atoms with van der Waals surface area (Å²) in [5.74, 6) is -1.74. The van der Waals surface area contributed by atoms with E-state index in [0.717, 1.165) is 44.6 Å². The second kappa shape index (κ2) is 6.10. The smallest absolute Gasteiger partial charge is 0.257 e. The molecule has 0 radical (unpaired) electrons. The lowest BCUT2D eigenvalue weighted by molar-refractivity contribution is 0.0704. The van der Waals surface area contributed by atoms with E-state index in [4.69, 9.17) is 0 Å². The summed E-state index contributed by atoms with van der Waals surface area (Å²) < 4.78 is 26.8. The Bertz CT molecular complexity index is 529. The van der Waals surface area contributed by atoms with E-state index >= 15 is 0 Å². The van der Waals surface area contributed by atoms with Crippen molar-refractivity contribution in [2.75, 3.05) is 26.2 Å². The fraction of sp³-hybridized carbons (Fsp3) is 0.562. The lowest BCUT2D eigenvalue weighted by Gasteiger charge is -2.28. The maximum atomic E-state index is 13.8. The standard InChI is InChI=1S/C16H20F2N2O/c17-12-5-6-14(15(18)10-12)16(21)20-9-3-4-13(20)11-19-7-1-2-8-19/h5-6,10,13H,1-4,7-9,11H2/t13-/m1/s1. The largest absolute Gasteiger partial charge is 0.334 e. The van der Waals surface area contributed by atoms with Crippen LogP contribution in [0.1, 0.15) is 36.0 Å². The Morgan fingerprint density at radius 2 is 1.90 bits per heavy atom. The van der Waals surface area contributed by atoms with E-state index in [9.17, 15) is 13.6 Å². The van der Waals surface area contributed by atoms with Crippen LogP contribution in [0, 0.1) is 11.6 Å². The normalized spacial score (nSPS) is 23.0. The van der Waals surface area contributed by atoms with Gasteiger partial charge in [0.15, 0.2) is 0 Å². The average molecular weight is 294 g/mol. The SMILES string of the molecule is O=C(c1ccc(F)cc1F)N1CCC[C@@H]1CN1CCCC1. The van der Waals surface area contributed by atoms with E-state index in [1.165, 1.54) is 18.9 Å². The van der Waals surface area contributed by atoms with E-state index in [2.05, 4.69) is 4.90 Å². The van der Waals surface area contributed by atoms with Crippen LogP contribution in [0.25, 0.3) is 0 Å². The highest BCUT2D eigenvalue weighted by Gasteiger charge is 2.32. The summed E-state index contributed by atoms with van der Waals surface area (Å²) in [5.41, 5.74) is -0.0234. The number of rotatable bonds is 3. The highest BCUT2D eigenvalue weighted by molar-refractivity contribution is 5.94. The number of carbonyl (C=O) groups is 1. The lowest BCUT2D eigenvalue weighted by Crippen LogP contribution is -2.42. The van der Waals surface area contributed by atoms with Gasteiger partial charge in [-0.1, -0.05) is 0 Å². The van der Waals surface area contributed by atoms with Gasteiger partial charge in [0.1, 0.15) is 11.6 Å². The average Bonchev–Trinajstić information content (AvgIpc) is 3.10. The third-order valence-electron chi connectivity index (χ3n) is 4.47. The quantitative estimate of drug-likeness (QED) is 0.855. The van der Waals surface area contributed by atoms with Crippen LogP contribution in [-0.2, 0) is 0 Å². The minimum absolute atomic E-state index is 0.0234. The van der Waals surface area contributed by atoms with Gasteiger partial charge in [-0.15, -0.1) is 0 Å². The van der Waals surface area contributed by atoms with E-state index < -0.39 is 11.6 Å². The van der Waals surface area contributed by atoms with Gasteiger partial charge in [0.05, 0.1) is 5.56 Å². The number of halogens is 2. The van der Waals surface area contributed by atoms with Crippen molar-refractivity contribution in [3.05, 3.63) is 35.4 Å². The highest BCUT2D eigenvalue weighted by atomic mass is 19.1. The van der Waals surface area contributed by atoms with E-state index in [-0.39, 0.29) is 17.5 Å². The van der Waals surface area contributed by atoms with Gasteiger partial charge in [-0.2, -0.15) is 0 Å². The van der Waals surface area contributed by atoms with Crippen molar-refractivity contribution in [3.8, 4) is 0 Å². The van der Waals surface area contributed by atoms with Crippen molar-refractivity contribution in [1.29, 1.82) is 0 Å². The Hall–Kier alpha value is -1.49. The second-order valence-electron chi connectivity index (χ2n) is 5.93. The summed E-state index contributed by atoms with van der Waals surface area (Å²) >= 11 is 0. The first-order valence-electron chi connectivity index (χ1n) is 7.63. The first-order valence-corrected chi connectivity index (χ1v) is 7.63. The Labute approximate surface area is 123 Å². The second-order valence-corrected chi connectivity index (χ2v) is 5.93. The van der Waals surface area contributed by atoms with Crippen LogP contribution in [0.5, 0.6) is 0 Å². The molecule has 2 heterocycles. The van der Waals surface area contributed by atoms with Gasteiger partial charge < -0.3 is 9.80 Å². The van der Waals surface area contributed by atoms with Gasteiger partial charge in [0, 0.05) is 25.2 Å². The Morgan fingerprint density at radius 1 is 1.14 bits per heavy atom. The van der Waals surface area contributed by atoms with E-state index in [1.807, 2.05) is 0 Å². The zero-order valence-electron chi connectivity index (χ0n) is 12.0. The molecule has 5 heteroatoms. The molecule has 0 aliphatic carbocycles. The molecule has 0 aromatic heterocycles. The molecular weight excluding hydrogens is 274 g/mol. The van der Waals surface area contributed by atoms with Crippen molar-refractivity contribution in [3.63, 3.8) is 0 Å². The molecule has 1 aromatic rings. The summed E-state index contributed by atoms with van der Waals surface area (Å²) in [6.45, 7) is 3.70. The zero-order chi connectivity index (χ0) is 14.8. The zero-order valence-corrected chi connectivity index (χ0v) is 12.0. The number of hydrogen-bond donors (Lipinski definition) is 0. The highest BCUT2D eigenvalue weighted by Crippen LogP contribution is 2.23. The minimum atomic E-state index is -0.771. The van der Waals surface area contributed by atoms with Gasteiger partial charge in [-0.3, -0.25) is 4.79 Å². The lowest BCUT2D eigenvalue weighted by atomic mass is 10.1. The molecule has 2 fully saturated rings. The van der Waals surface area contributed by atoms with Crippen LogP contribution in [0.15, 0.2) is 18.2 Å². The number of amides is 1. The van der Waals surface area contributed by atoms with Gasteiger partial charge in [-0.25, -0.2) is 8.78 Å². The summed E-state index contributed by atoms with van der Waals surface area (Å²) in [6, 6.07) is 3.32. The van der Waals surface area contributed by atoms with Crippen molar-refractivity contribution < 1.29 is 13.6 Å². The van der Waals surface area contributed by atoms with Crippen LogP contribution in [0.4, 0.5) is 8.78 Å². The summed E-state index contributed by atoms with van der Waals surface area (Å²) in [4.78, 5) is 16.6. The molecule has 0 bridgehead atoms. The molecular formula is C16H20F2N2O. The molecule has 2 saturated heterocycles. The first-order chi connectivity index (χ1) is 10.1. The molecule has 1 aromatic carbocycles. The number of carbonyl (C=O) groups excluding carboxylic acids is 1. The van der Waals surface area contributed by atoms with Gasteiger partial charge >= 0.3 is 0 Å². The summed E-state index contributed by atoms with van der Waals surface area (Å²) in [5, 5.41) is 0. The Kier molecular flexibility index (Phi) is 4.19. The van der Waals surface area contributed by atoms with Crippen molar-refractivity contribution in [2.45, 2.75) is 31.7 Å². The predicted molar refractivity (Wildman–Crippen MR) is 76.1 cm³/mol. The number of nitrogens with zero attached hydrogens (tertiary/aromatic N) is 2. The van der Waals surface area contributed by atoms with Gasteiger partial charge in [-0.05, 0) is 50.9 Å². The van der Waals surface area contributed by atoms with Crippen LogP contribution in [-0.4, -0.2) is 47.9 Å². The molecule has 0 saturated carbocycles. The molecule has 0 unspecified atom stereocenters. The van der Waals surface area contributed by atoms with Gasteiger partial charge in [0.25, 0.3) is 5.91 Å². The molecule has 2 aliphatic heterocycles. The fourth-order valence-corrected chi connectivity index (χ4v) is 3.37. The fourth-order valence-electron chi connectivity index (χ4n) is 3.37. The monoisotopic (exact) mass is 294 g/mol. The molecule has 1 atom stereocenters. The third-order valence-corrected chi connectivity index (χ3v) is 4.47. The third kappa shape index (κ3) is 3.07. The topological polar surface area (TPSA) is 23.6 Å². The number of likely N-dealkylation sites (tertiary alicyclic amines) is 2. The minimum Gasteiger partial charge on any atom is -0.334 e. The Morgan fingerprint density at radius 3 is 2.62 bits per heavy atom. The van der Waals surface area contributed by atoms with Gasteiger partial charge in [0.2, 0.25) is 0 Å². The molecule has 0 spiro atoms. The number of benzene rings is 1. The first kappa shape index (κ1) is 14.4. The summed E-state index contributed by atoms with van der Waals surface area (Å²) in [6.07, 6.45) is 4.35. The maximum Gasteiger partial charge on any atom is 0.257 e. The number of hydrogen-bond acceptors (Lipinski definition) is 2. The van der Waals surface area contributed by atoms with Crippen LogP contribution in [0.3, 0.4) is 0 Å². The van der Waals surface area contributed by atoms with Crippen molar-refractivity contribution in [1.82, 2.24) is 9.80 Å². The molecule has 0 N–H and O–H groups in total. The molecule has 3 nitrogen and oxygen atoms in total. The molecule has 2 aliphatic rings. The molecule has 3 rings (SSSR count). The van der Waals surface area contributed by atoms with Crippen molar-refractivity contribution in [2.24, 2.45) is 0 Å². The molecule has 114 valence electrons. The van der Waals surface area contributed by atoms with E-state index in [0.29, 0.717) is 6.54 Å². The van der Waals surface area contributed by atoms with Crippen molar-refractivity contribution >= 4 is 5.91 Å². The molecule has 21 heavy (non-hydrogen) atoms. The van der Waals surface area contributed by atoms with Crippen LogP contribution in [0.2, 0.25) is 0 Å². The van der Waals surface area contributed by atoms with E-state index in [1.54, 1.807) is 4.90 Å². The van der Waals surface area contributed by atoms with Crippen LogP contribution >= 0.6 is 0 Å². The predicted octanol–water partition coefficient (Wildman–Crippen LogP) is 2.67. The van der Waals surface area contributed by atoms with Crippen LogP contribution < -0.4 is 0 Å².